The summed E-state index contributed by atoms with van der Waals surface area (Å²) >= 11 is 3.28. The summed E-state index contributed by atoms with van der Waals surface area (Å²) in [5, 5.41) is 10.7. The molecular formula is C16H23BrFNO. The van der Waals surface area contributed by atoms with Crippen molar-refractivity contribution in [1.29, 1.82) is 0 Å². The van der Waals surface area contributed by atoms with Gasteiger partial charge >= 0.3 is 0 Å². The Morgan fingerprint density at radius 1 is 1.35 bits per heavy atom. The Hall–Kier alpha value is -0.450. The highest BCUT2D eigenvalue weighted by Gasteiger charge is 2.33. The maximum absolute atomic E-state index is 13.5. The molecule has 2 nitrogen and oxygen atoms in total. The van der Waals surface area contributed by atoms with Crippen molar-refractivity contribution in [3.05, 3.63) is 34.1 Å². The zero-order valence-corrected chi connectivity index (χ0v) is 13.8. The Kier molecular flexibility index (Phi) is 5.21. The number of halogens is 2. The summed E-state index contributed by atoms with van der Waals surface area (Å²) in [6, 6.07) is 5.02. The van der Waals surface area contributed by atoms with Crippen molar-refractivity contribution in [2.75, 3.05) is 19.6 Å². The second-order valence-electron chi connectivity index (χ2n) is 6.31. The second kappa shape index (κ2) is 6.54. The molecule has 20 heavy (non-hydrogen) atoms. The van der Waals surface area contributed by atoms with Crippen LogP contribution < -0.4 is 0 Å². The second-order valence-corrected chi connectivity index (χ2v) is 7.10. The maximum atomic E-state index is 13.5. The van der Waals surface area contributed by atoms with Crippen LogP contribution in [0.1, 0.15) is 32.3 Å². The third kappa shape index (κ3) is 4.03. The van der Waals surface area contributed by atoms with Gasteiger partial charge in [-0.1, -0.05) is 26.0 Å². The quantitative estimate of drug-likeness (QED) is 0.902. The van der Waals surface area contributed by atoms with E-state index in [9.17, 15) is 9.50 Å². The molecule has 1 aromatic rings. The Morgan fingerprint density at radius 2 is 2.00 bits per heavy atom. The molecule has 0 amide bonds. The van der Waals surface area contributed by atoms with Crippen molar-refractivity contribution in [3.63, 3.8) is 0 Å². The highest BCUT2D eigenvalue weighted by molar-refractivity contribution is 9.10. The number of hydrogen-bond acceptors (Lipinski definition) is 2. The lowest BCUT2D eigenvalue weighted by molar-refractivity contribution is -0.0228. The molecule has 1 heterocycles. The molecule has 0 aromatic heterocycles. The standard InChI is InChI=1S/C16H23BrFNO/c1-12(2)11-19-8-6-16(20,7-9-19)10-13-4-3-5-14(18)15(13)17/h3-5,12,20H,6-11H2,1-2H3. The highest BCUT2D eigenvalue weighted by Crippen LogP contribution is 2.30. The van der Waals surface area contributed by atoms with E-state index in [2.05, 4.69) is 34.7 Å². The fourth-order valence-corrected chi connectivity index (χ4v) is 3.29. The van der Waals surface area contributed by atoms with Gasteiger partial charge in [0.25, 0.3) is 0 Å². The summed E-state index contributed by atoms with van der Waals surface area (Å²) in [4.78, 5) is 2.40. The van der Waals surface area contributed by atoms with Crippen molar-refractivity contribution >= 4 is 15.9 Å². The lowest BCUT2D eigenvalue weighted by Gasteiger charge is -2.39. The maximum Gasteiger partial charge on any atom is 0.137 e. The predicted octanol–water partition coefficient (Wildman–Crippen LogP) is 3.61. The minimum atomic E-state index is -0.705. The summed E-state index contributed by atoms with van der Waals surface area (Å²) in [7, 11) is 0. The molecule has 0 aliphatic carbocycles. The largest absolute Gasteiger partial charge is 0.389 e. The van der Waals surface area contributed by atoms with E-state index in [4.69, 9.17) is 0 Å². The molecule has 4 heteroatoms. The summed E-state index contributed by atoms with van der Waals surface area (Å²) in [6.45, 7) is 7.35. The van der Waals surface area contributed by atoms with E-state index >= 15 is 0 Å². The normalized spacial score (nSPS) is 19.5. The fraction of sp³-hybridized carbons (Fsp3) is 0.625. The molecule has 0 spiro atoms. The molecule has 0 radical (unpaired) electrons. The van der Waals surface area contributed by atoms with Gasteiger partial charge in [0.2, 0.25) is 0 Å². The molecule has 1 aliphatic heterocycles. The van der Waals surface area contributed by atoms with E-state index in [1.54, 1.807) is 6.07 Å². The number of hydrogen-bond donors (Lipinski definition) is 1. The third-order valence-electron chi connectivity index (χ3n) is 3.96. The van der Waals surface area contributed by atoms with Crippen LogP contribution in [0.5, 0.6) is 0 Å². The molecular weight excluding hydrogens is 321 g/mol. The number of benzene rings is 1. The third-order valence-corrected chi connectivity index (χ3v) is 4.85. The predicted molar refractivity (Wildman–Crippen MR) is 83.3 cm³/mol. The molecule has 1 N–H and O–H groups in total. The Morgan fingerprint density at radius 3 is 2.60 bits per heavy atom. The van der Waals surface area contributed by atoms with Crippen LogP contribution >= 0.6 is 15.9 Å². The first-order valence-electron chi connectivity index (χ1n) is 7.27. The van der Waals surface area contributed by atoms with Crippen LogP contribution in [-0.2, 0) is 6.42 Å². The van der Waals surface area contributed by atoms with E-state index in [0.29, 0.717) is 16.8 Å². The van der Waals surface area contributed by atoms with E-state index in [1.807, 2.05) is 6.07 Å². The molecule has 2 rings (SSSR count). The van der Waals surface area contributed by atoms with Crippen LogP contribution in [0.4, 0.5) is 4.39 Å². The number of rotatable bonds is 4. The molecule has 1 aliphatic rings. The van der Waals surface area contributed by atoms with Gasteiger partial charge < -0.3 is 10.0 Å². The fourth-order valence-electron chi connectivity index (χ4n) is 2.88. The van der Waals surface area contributed by atoms with Crippen LogP contribution in [-0.4, -0.2) is 35.2 Å². The van der Waals surface area contributed by atoms with E-state index < -0.39 is 5.60 Å². The SMILES string of the molecule is CC(C)CN1CCC(O)(Cc2cccc(F)c2Br)CC1. The Labute approximate surface area is 129 Å². The lowest BCUT2D eigenvalue weighted by Crippen LogP contribution is -2.46. The molecule has 0 saturated carbocycles. The van der Waals surface area contributed by atoms with Crippen molar-refractivity contribution < 1.29 is 9.50 Å². The summed E-state index contributed by atoms with van der Waals surface area (Å²) in [6.07, 6.45) is 2.02. The summed E-state index contributed by atoms with van der Waals surface area (Å²) in [5.41, 5.74) is 0.147. The number of nitrogens with zero attached hydrogens (tertiary/aromatic N) is 1. The van der Waals surface area contributed by atoms with E-state index in [-0.39, 0.29) is 5.82 Å². The number of likely N-dealkylation sites (tertiary alicyclic amines) is 1. The molecule has 1 aromatic carbocycles. The van der Waals surface area contributed by atoms with Crippen molar-refractivity contribution in [3.8, 4) is 0 Å². The lowest BCUT2D eigenvalue weighted by atomic mass is 9.85. The average molecular weight is 344 g/mol. The molecule has 1 saturated heterocycles. The van der Waals surface area contributed by atoms with Crippen molar-refractivity contribution in [2.45, 2.75) is 38.7 Å². The first-order chi connectivity index (χ1) is 9.39. The highest BCUT2D eigenvalue weighted by atomic mass is 79.9. The monoisotopic (exact) mass is 343 g/mol. The average Bonchev–Trinajstić information content (AvgIpc) is 2.38. The van der Waals surface area contributed by atoms with Gasteiger partial charge in [0.05, 0.1) is 10.1 Å². The molecule has 0 atom stereocenters. The van der Waals surface area contributed by atoms with E-state index in [0.717, 1.165) is 38.0 Å². The number of aliphatic hydroxyl groups is 1. The van der Waals surface area contributed by atoms with Gasteiger partial charge in [-0.2, -0.15) is 0 Å². The van der Waals surface area contributed by atoms with Crippen LogP contribution in [0.3, 0.4) is 0 Å². The zero-order valence-electron chi connectivity index (χ0n) is 12.2. The number of piperidine rings is 1. The molecule has 112 valence electrons. The minimum absolute atomic E-state index is 0.261. The van der Waals surface area contributed by atoms with Gasteiger partial charge in [-0.15, -0.1) is 0 Å². The van der Waals surface area contributed by atoms with Gasteiger partial charge in [-0.05, 0) is 46.3 Å². The van der Waals surface area contributed by atoms with Gasteiger partial charge in [0, 0.05) is 26.1 Å². The summed E-state index contributed by atoms with van der Waals surface area (Å²) < 4.78 is 14.0. The van der Waals surface area contributed by atoms with Crippen LogP contribution in [0, 0.1) is 11.7 Å². The first kappa shape index (κ1) is 15.9. The smallest absolute Gasteiger partial charge is 0.137 e. The minimum Gasteiger partial charge on any atom is -0.389 e. The molecule has 0 unspecified atom stereocenters. The first-order valence-corrected chi connectivity index (χ1v) is 8.06. The van der Waals surface area contributed by atoms with Gasteiger partial charge in [-0.3, -0.25) is 0 Å². The van der Waals surface area contributed by atoms with Crippen molar-refractivity contribution in [1.82, 2.24) is 4.90 Å². The Balaban J connectivity index is 1.98. The van der Waals surface area contributed by atoms with Gasteiger partial charge in [0.15, 0.2) is 0 Å². The zero-order chi connectivity index (χ0) is 14.8. The Bertz CT molecular complexity index is 456. The van der Waals surface area contributed by atoms with Gasteiger partial charge in [-0.25, -0.2) is 4.39 Å². The van der Waals surface area contributed by atoms with Crippen LogP contribution in [0.25, 0.3) is 0 Å². The molecule has 1 fully saturated rings. The molecule has 0 bridgehead atoms. The van der Waals surface area contributed by atoms with E-state index in [1.165, 1.54) is 6.07 Å². The van der Waals surface area contributed by atoms with Crippen LogP contribution in [0.15, 0.2) is 22.7 Å². The van der Waals surface area contributed by atoms with Gasteiger partial charge in [0.1, 0.15) is 5.82 Å². The summed E-state index contributed by atoms with van der Waals surface area (Å²) in [5.74, 6) is 0.391. The topological polar surface area (TPSA) is 23.5 Å². The van der Waals surface area contributed by atoms with Crippen molar-refractivity contribution in [2.24, 2.45) is 5.92 Å². The van der Waals surface area contributed by atoms with Crippen LogP contribution in [0.2, 0.25) is 0 Å².